The van der Waals surface area contributed by atoms with Gasteiger partial charge < -0.3 is 14.2 Å². The second-order valence-electron chi connectivity index (χ2n) is 23.4. The Morgan fingerprint density at radius 3 is 0.790 bits per heavy atom. The van der Waals surface area contributed by atoms with E-state index in [9.17, 15) is 14.4 Å². The molecular weight excluding hydrogens is 997 g/mol. The summed E-state index contributed by atoms with van der Waals surface area (Å²) >= 11 is 0. The standard InChI is InChI=1S/C75H132O6/c1-4-7-10-13-16-19-22-25-28-31-34-35-36-37-38-39-42-44-47-50-53-56-59-62-65-68-74(77)80-71-72(81-75(78)69-66-63-60-57-54-51-48-45-41-33-30-27-24-21-18-15-12-9-6-3)70-79-73(76)67-64-61-58-55-52-49-46-43-40-32-29-26-23-20-17-14-11-8-5-2/h9,12,17-18,20-21,26-27,29-31,34,41,45,72H,4-8,10-11,13-16,19,22-25,28,32-33,35-40,42-44,46-71H2,1-3H3/b12-9-,20-17-,21-18-,29-26-,30-27-,34-31-,45-41-. The van der Waals surface area contributed by atoms with Gasteiger partial charge in [-0.3, -0.25) is 14.4 Å². The second kappa shape index (κ2) is 69.1. The van der Waals surface area contributed by atoms with E-state index in [4.69, 9.17) is 14.2 Å². The number of hydrogen-bond donors (Lipinski definition) is 0. The van der Waals surface area contributed by atoms with E-state index in [-0.39, 0.29) is 31.1 Å². The van der Waals surface area contributed by atoms with E-state index in [2.05, 4.69) is 106 Å². The molecule has 0 spiro atoms. The average molecular weight is 1130 g/mol. The van der Waals surface area contributed by atoms with Crippen molar-refractivity contribution in [1.82, 2.24) is 0 Å². The van der Waals surface area contributed by atoms with Crippen LogP contribution in [0.25, 0.3) is 0 Å². The molecule has 0 radical (unpaired) electrons. The molecule has 468 valence electrons. The number of hydrogen-bond acceptors (Lipinski definition) is 6. The molecule has 1 atom stereocenters. The van der Waals surface area contributed by atoms with Crippen LogP contribution >= 0.6 is 0 Å². The van der Waals surface area contributed by atoms with Gasteiger partial charge in [0.05, 0.1) is 0 Å². The maximum absolute atomic E-state index is 13.0. The smallest absolute Gasteiger partial charge is 0.306 e. The molecule has 0 heterocycles. The molecule has 0 aliphatic rings. The van der Waals surface area contributed by atoms with Crippen LogP contribution in [0.4, 0.5) is 0 Å². The number of rotatable bonds is 64. The van der Waals surface area contributed by atoms with Gasteiger partial charge in [-0.1, -0.05) is 305 Å². The Kier molecular flexibility index (Phi) is 66.2. The second-order valence-corrected chi connectivity index (χ2v) is 23.4. The number of carbonyl (C=O) groups is 3. The summed E-state index contributed by atoms with van der Waals surface area (Å²) in [6.07, 6.45) is 91.7. The van der Waals surface area contributed by atoms with Crippen LogP contribution in [-0.4, -0.2) is 37.2 Å². The van der Waals surface area contributed by atoms with Gasteiger partial charge in [0.1, 0.15) is 13.2 Å². The van der Waals surface area contributed by atoms with Gasteiger partial charge in [0.15, 0.2) is 6.10 Å². The van der Waals surface area contributed by atoms with Crippen molar-refractivity contribution in [2.45, 2.75) is 361 Å². The molecule has 0 amide bonds. The van der Waals surface area contributed by atoms with Crippen LogP contribution in [0.5, 0.6) is 0 Å². The van der Waals surface area contributed by atoms with Gasteiger partial charge in [-0.25, -0.2) is 0 Å². The Hall–Kier alpha value is -3.41. The van der Waals surface area contributed by atoms with E-state index in [1.54, 1.807) is 0 Å². The number of allylic oxidation sites excluding steroid dienone is 14. The highest BCUT2D eigenvalue weighted by atomic mass is 16.6. The van der Waals surface area contributed by atoms with Crippen LogP contribution in [0.1, 0.15) is 355 Å². The summed E-state index contributed by atoms with van der Waals surface area (Å²) in [4.78, 5) is 38.5. The first-order valence-corrected chi connectivity index (χ1v) is 35.1. The van der Waals surface area contributed by atoms with Crippen LogP contribution in [0, 0.1) is 0 Å². The monoisotopic (exact) mass is 1130 g/mol. The van der Waals surface area contributed by atoms with Crippen molar-refractivity contribution in [1.29, 1.82) is 0 Å². The maximum atomic E-state index is 13.0. The molecule has 1 unspecified atom stereocenters. The summed E-state index contributed by atoms with van der Waals surface area (Å²) in [6, 6.07) is 0. The first kappa shape index (κ1) is 77.6. The van der Waals surface area contributed by atoms with Crippen LogP contribution in [0.2, 0.25) is 0 Å². The van der Waals surface area contributed by atoms with E-state index in [0.717, 1.165) is 103 Å². The van der Waals surface area contributed by atoms with E-state index in [1.165, 1.54) is 212 Å². The lowest BCUT2D eigenvalue weighted by Gasteiger charge is -2.18. The summed E-state index contributed by atoms with van der Waals surface area (Å²) in [7, 11) is 0. The molecule has 0 aromatic heterocycles. The van der Waals surface area contributed by atoms with Crippen LogP contribution in [-0.2, 0) is 28.6 Å². The molecule has 0 fully saturated rings. The summed E-state index contributed by atoms with van der Waals surface area (Å²) in [6.45, 7) is 6.54. The van der Waals surface area contributed by atoms with Gasteiger partial charge in [-0.05, 0) is 116 Å². The van der Waals surface area contributed by atoms with Crippen LogP contribution in [0.15, 0.2) is 85.1 Å². The Bertz CT molecular complexity index is 1530. The first-order valence-electron chi connectivity index (χ1n) is 35.1. The zero-order valence-corrected chi connectivity index (χ0v) is 53.8. The number of esters is 3. The molecule has 0 bridgehead atoms. The third-order valence-electron chi connectivity index (χ3n) is 15.4. The molecule has 0 rings (SSSR count). The number of unbranched alkanes of at least 4 members (excludes halogenated alkanes) is 39. The highest BCUT2D eigenvalue weighted by Gasteiger charge is 2.19. The van der Waals surface area contributed by atoms with Gasteiger partial charge in [-0.15, -0.1) is 0 Å². The third kappa shape index (κ3) is 67.3. The summed E-state index contributed by atoms with van der Waals surface area (Å²) in [5, 5.41) is 0. The van der Waals surface area contributed by atoms with Crippen LogP contribution < -0.4 is 0 Å². The number of carbonyl (C=O) groups excluding carboxylic acids is 3. The lowest BCUT2D eigenvalue weighted by molar-refractivity contribution is -0.167. The van der Waals surface area contributed by atoms with Crippen molar-refractivity contribution in [3.63, 3.8) is 0 Å². The molecular formula is C75H132O6. The fourth-order valence-corrected chi connectivity index (χ4v) is 10.1. The van der Waals surface area contributed by atoms with Crippen molar-refractivity contribution in [3.05, 3.63) is 85.1 Å². The molecule has 0 aliphatic carbocycles. The molecule has 0 aromatic rings. The van der Waals surface area contributed by atoms with E-state index < -0.39 is 6.10 Å². The lowest BCUT2D eigenvalue weighted by atomic mass is 10.0. The van der Waals surface area contributed by atoms with E-state index in [1.807, 2.05) is 0 Å². The van der Waals surface area contributed by atoms with E-state index in [0.29, 0.717) is 19.3 Å². The van der Waals surface area contributed by atoms with Gasteiger partial charge >= 0.3 is 17.9 Å². The molecule has 0 saturated heterocycles. The zero-order chi connectivity index (χ0) is 58.5. The fourth-order valence-electron chi connectivity index (χ4n) is 10.1. The molecule has 0 saturated carbocycles. The Balaban J connectivity index is 4.35. The quantitative estimate of drug-likeness (QED) is 0.0261. The van der Waals surface area contributed by atoms with Crippen molar-refractivity contribution in [3.8, 4) is 0 Å². The topological polar surface area (TPSA) is 78.9 Å². The summed E-state index contributed by atoms with van der Waals surface area (Å²) in [5.41, 5.74) is 0. The number of ether oxygens (including phenoxy) is 3. The van der Waals surface area contributed by atoms with Crippen molar-refractivity contribution in [2.24, 2.45) is 0 Å². The molecule has 6 nitrogen and oxygen atoms in total. The van der Waals surface area contributed by atoms with E-state index >= 15 is 0 Å². The SMILES string of the molecule is CC/C=C\C/C=C\C/C=C\C/C=C\CCCCCCCCC(=O)OC(COC(=O)CCCCCCCCCCC/C=C\C/C=C\CCCCC)COC(=O)CCCCCCCCCCCCCCC/C=C\CCCCCCCCCC. The normalized spacial score (nSPS) is 12.6. The summed E-state index contributed by atoms with van der Waals surface area (Å²) < 4.78 is 17.0. The Morgan fingerprint density at radius 1 is 0.259 bits per heavy atom. The van der Waals surface area contributed by atoms with Gasteiger partial charge in [0.25, 0.3) is 0 Å². The largest absolute Gasteiger partial charge is 0.462 e. The minimum atomic E-state index is -0.788. The molecule has 6 heteroatoms. The predicted molar refractivity (Wildman–Crippen MR) is 353 cm³/mol. The lowest BCUT2D eigenvalue weighted by Crippen LogP contribution is -2.30. The maximum Gasteiger partial charge on any atom is 0.306 e. The van der Waals surface area contributed by atoms with Crippen molar-refractivity contribution >= 4 is 17.9 Å². The molecule has 0 N–H and O–H groups in total. The Labute approximate surface area is 503 Å². The highest BCUT2D eigenvalue weighted by molar-refractivity contribution is 5.71. The van der Waals surface area contributed by atoms with Crippen LogP contribution in [0.3, 0.4) is 0 Å². The molecule has 0 aliphatic heterocycles. The summed E-state index contributed by atoms with van der Waals surface area (Å²) in [5.74, 6) is -0.883. The van der Waals surface area contributed by atoms with Gasteiger partial charge in [0, 0.05) is 19.3 Å². The average Bonchev–Trinajstić information content (AvgIpc) is 3.47. The van der Waals surface area contributed by atoms with Gasteiger partial charge in [0.2, 0.25) is 0 Å². The molecule has 0 aromatic carbocycles. The third-order valence-corrected chi connectivity index (χ3v) is 15.4. The minimum absolute atomic E-state index is 0.0819. The van der Waals surface area contributed by atoms with Crippen molar-refractivity contribution in [2.75, 3.05) is 13.2 Å². The Morgan fingerprint density at radius 2 is 0.481 bits per heavy atom. The van der Waals surface area contributed by atoms with Gasteiger partial charge in [-0.2, -0.15) is 0 Å². The predicted octanol–water partition coefficient (Wildman–Crippen LogP) is 24.2. The minimum Gasteiger partial charge on any atom is -0.462 e. The fraction of sp³-hybridized carbons (Fsp3) is 0.773. The molecule has 81 heavy (non-hydrogen) atoms. The first-order chi connectivity index (χ1) is 40.0. The zero-order valence-electron chi connectivity index (χ0n) is 53.8. The van der Waals surface area contributed by atoms with Crippen molar-refractivity contribution < 1.29 is 28.6 Å². The highest BCUT2D eigenvalue weighted by Crippen LogP contribution is 2.17.